The monoisotopic (exact) mass is 652 g/mol. The minimum atomic E-state index is -1.83. The molecule has 14 nitrogen and oxygen atoms in total. The molecule has 46 heavy (non-hydrogen) atoms. The second-order valence-corrected chi connectivity index (χ2v) is 12.0. The molecule has 0 saturated carbocycles. The highest BCUT2D eigenvalue weighted by molar-refractivity contribution is 6.11. The summed E-state index contributed by atoms with van der Waals surface area (Å²) in [7, 11) is 1.21. The van der Waals surface area contributed by atoms with Gasteiger partial charge in [0.2, 0.25) is 0 Å². The van der Waals surface area contributed by atoms with Crippen LogP contribution in [0.15, 0.2) is 12.1 Å². The molecule has 0 aromatic heterocycles. The standard InChI is InChI=1S/C32H44O14/c1-13-22(46-23-7-6-20(35)16(4)45-23)10-18-8-17-9-19(31(42-5)30(41)27(38)14(2)34)32(44-12-43-15(3)21(36)11-33)29(40)25(17)28(39)24(18)26(13)37/h8,10,14-16,19-21,23,27,31-39H,6-7,9,11-12H2,1-5H3/t14-,15?,16?,19?,20+,21+,23+,27+,31+,32+/m1/s1. The number of aliphatic hydroxyl groups is 5. The number of hydrogen-bond donors (Lipinski definition) is 7. The van der Waals surface area contributed by atoms with Gasteiger partial charge in [0.05, 0.1) is 42.0 Å². The van der Waals surface area contributed by atoms with Gasteiger partial charge in [-0.15, -0.1) is 0 Å². The minimum Gasteiger partial charge on any atom is -0.507 e. The molecule has 1 fully saturated rings. The number of ether oxygens (including phenoxy) is 5. The number of benzene rings is 2. The highest BCUT2D eigenvalue weighted by Crippen LogP contribution is 2.46. The van der Waals surface area contributed by atoms with Crippen molar-refractivity contribution in [2.24, 2.45) is 5.92 Å². The van der Waals surface area contributed by atoms with Crippen LogP contribution in [0.5, 0.6) is 17.2 Å². The number of phenolic OH excluding ortho intramolecular Hbond substituents is 2. The predicted octanol–water partition coefficient (Wildman–Crippen LogP) is 0.606. The Bertz CT molecular complexity index is 1410. The summed E-state index contributed by atoms with van der Waals surface area (Å²) < 4.78 is 28.4. The van der Waals surface area contributed by atoms with E-state index in [1.807, 2.05) is 0 Å². The maximum absolute atomic E-state index is 14.0. The van der Waals surface area contributed by atoms with Crippen LogP contribution in [-0.4, -0.2) is 123 Å². The molecule has 2 aromatic carbocycles. The van der Waals surface area contributed by atoms with Gasteiger partial charge in [0, 0.05) is 25.0 Å². The van der Waals surface area contributed by atoms with Crippen LogP contribution in [0.2, 0.25) is 0 Å². The quantitative estimate of drug-likeness (QED) is 0.147. The molecule has 0 spiro atoms. The highest BCUT2D eigenvalue weighted by atomic mass is 16.7. The number of methoxy groups -OCH3 is 1. The molecule has 1 heterocycles. The largest absolute Gasteiger partial charge is 0.507 e. The number of rotatable bonds is 13. The maximum Gasteiger partial charge on any atom is 0.200 e. The second kappa shape index (κ2) is 14.9. The Morgan fingerprint density at radius 3 is 2.41 bits per heavy atom. The lowest BCUT2D eigenvalue weighted by molar-refractivity contribution is -0.180. The van der Waals surface area contributed by atoms with Crippen LogP contribution >= 0.6 is 0 Å². The Labute approximate surface area is 266 Å². The van der Waals surface area contributed by atoms with Gasteiger partial charge < -0.3 is 59.4 Å². The molecule has 1 aliphatic carbocycles. The summed E-state index contributed by atoms with van der Waals surface area (Å²) in [5.74, 6) is -3.30. The summed E-state index contributed by atoms with van der Waals surface area (Å²) >= 11 is 0. The third kappa shape index (κ3) is 7.15. The molecule has 10 atom stereocenters. The van der Waals surface area contributed by atoms with E-state index in [-0.39, 0.29) is 34.4 Å². The molecule has 0 amide bonds. The lowest BCUT2D eigenvalue weighted by Crippen LogP contribution is -2.52. The van der Waals surface area contributed by atoms with Crippen LogP contribution < -0.4 is 4.74 Å². The zero-order chi connectivity index (χ0) is 34.0. The van der Waals surface area contributed by atoms with Crippen LogP contribution in [-0.2, 0) is 30.2 Å². The number of Topliss-reactive ketones (excluding diaryl/α,β-unsaturated/α-hetero) is 2. The van der Waals surface area contributed by atoms with Crippen LogP contribution in [0.25, 0.3) is 10.8 Å². The molecular weight excluding hydrogens is 608 g/mol. The number of carbonyl (C=O) groups excluding carboxylic acids is 2. The van der Waals surface area contributed by atoms with E-state index in [1.54, 1.807) is 26.0 Å². The molecule has 256 valence electrons. The van der Waals surface area contributed by atoms with Crippen molar-refractivity contribution in [3.8, 4) is 17.2 Å². The molecule has 2 aromatic rings. The summed E-state index contributed by atoms with van der Waals surface area (Å²) in [6.45, 7) is 4.88. The van der Waals surface area contributed by atoms with Crippen molar-refractivity contribution in [1.29, 1.82) is 0 Å². The summed E-state index contributed by atoms with van der Waals surface area (Å²) in [5.41, 5.74) is 0.421. The number of fused-ring (bicyclic) bond motifs is 2. The van der Waals surface area contributed by atoms with Crippen molar-refractivity contribution in [2.45, 2.75) is 102 Å². The molecule has 2 aliphatic rings. The highest BCUT2D eigenvalue weighted by Gasteiger charge is 2.47. The van der Waals surface area contributed by atoms with E-state index < -0.39 is 91.8 Å². The topological polar surface area (TPSA) is 222 Å². The first-order valence-corrected chi connectivity index (χ1v) is 15.2. The van der Waals surface area contributed by atoms with E-state index in [2.05, 4.69) is 0 Å². The first-order chi connectivity index (χ1) is 21.7. The average Bonchev–Trinajstić information content (AvgIpc) is 3.01. The van der Waals surface area contributed by atoms with Crippen molar-refractivity contribution < 1.29 is 69.0 Å². The minimum absolute atomic E-state index is 0.0117. The molecule has 4 rings (SSSR count). The van der Waals surface area contributed by atoms with Crippen molar-refractivity contribution in [1.82, 2.24) is 0 Å². The van der Waals surface area contributed by atoms with Gasteiger partial charge >= 0.3 is 0 Å². The van der Waals surface area contributed by atoms with E-state index in [9.17, 15) is 45.3 Å². The molecule has 1 aliphatic heterocycles. The van der Waals surface area contributed by atoms with E-state index in [0.717, 1.165) is 0 Å². The Morgan fingerprint density at radius 2 is 1.80 bits per heavy atom. The first-order valence-electron chi connectivity index (χ1n) is 15.2. The lowest BCUT2D eigenvalue weighted by atomic mass is 9.75. The predicted molar refractivity (Wildman–Crippen MR) is 161 cm³/mol. The van der Waals surface area contributed by atoms with Gasteiger partial charge in [0.25, 0.3) is 0 Å². The summed E-state index contributed by atoms with van der Waals surface area (Å²) in [5, 5.41) is 72.2. The van der Waals surface area contributed by atoms with Gasteiger partial charge in [-0.3, -0.25) is 9.59 Å². The van der Waals surface area contributed by atoms with Gasteiger partial charge in [0.15, 0.2) is 17.9 Å². The van der Waals surface area contributed by atoms with E-state index in [0.29, 0.717) is 23.8 Å². The van der Waals surface area contributed by atoms with Crippen LogP contribution in [0.4, 0.5) is 0 Å². The molecule has 14 heteroatoms. The second-order valence-electron chi connectivity index (χ2n) is 12.0. The number of carbonyl (C=O) groups is 2. The van der Waals surface area contributed by atoms with Crippen LogP contribution in [0.3, 0.4) is 0 Å². The SMILES string of the molecule is CO[C@H](C(=O)[C@@H](O)[C@@H](C)O)C1Cc2cc3cc(O[C@H]4CC[C@H](O)C(C)O4)c(C)c(O)c3c(O)c2C(=O)[C@H]1OCOC(C)[C@@H](O)CO. The lowest BCUT2D eigenvalue weighted by Gasteiger charge is -2.37. The molecule has 3 unspecified atom stereocenters. The average molecular weight is 653 g/mol. The van der Waals surface area contributed by atoms with Crippen molar-refractivity contribution in [3.63, 3.8) is 0 Å². The molecule has 0 radical (unpaired) electrons. The third-order valence-electron chi connectivity index (χ3n) is 8.85. The van der Waals surface area contributed by atoms with Gasteiger partial charge in [0.1, 0.15) is 48.5 Å². The number of ketones is 2. The molecule has 1 saturated heterocycles. The van der Waals surface area contributed by atoms with E-state index >= 15 is 0 Å². The van der Waals surface area contributed by atoms with Gasteiger partial charge in [-0.05, 0) is 63.6 Å². The number of aromatic hydroxyl groups is 2. The van der Waals surface area contributed by atoms with Crippen LogP contribution in [0, 0.1) is 12.8 Å². The van der Waals surface area contributed by atoms with Crippen molar-refractivity contribution >= 4 is 22.3 Å². The van der Waals surface area contributed by atoms with Crippen molar-refractivity contribution in [2.75, 3.05) is 20.5 Å². The Kier molecular flexibility index (Phi) is 11.6. The van der Waals surface area contributed by atoms with Gasteiger partial charge in [-0.2, -0.15) is 0 Å². The molecule has 7 N–H and O–H groups in total. The summed E-state index contributed by atoms with van der Waals surface area (Å²) in [4.78, 5) is 27.2. The molecule has 0 bridgehead atoms. The number of phenols is 2. The fraction of sp³-hybridized carbons (Fsp3) is 0.625. The molecular formula is C32H44O14. The van der Waals surface area contributed by atoms with Crippen LogP contribution in [0.1, 0.15) is 55.1 Å². The Morgan fingerprint density at radius 1 is 1.11 bits per heavy atom. The zero-order valence-electron chi connectivity index (χ0n) is 26.5. The number of aliphatic hydroxyl groups excluding tert-OH is 5. The number of hydrogen-bond acceptors (Lipinski definition) is 14. The Balaban J connectivity index is 1.75. The maximum atomic E-state index is 14.0. The Hall–Kier alpha value is -2.92. The first kappa shape index (κ1) is 35.9. The van der Waals surface area contributed by atoms with E-state index in [1.165, 1.54) is 21.0 Å². The fourth-order valence-electron chi connectivity index (χ4n) is 5.94. The fourth-order valence-corrected chi connectivity index (χ4v) is 5.94. The smallest absolute Gasteiger partial charge is 0.200 e. The summed E-state index contributed by atoms with van der Waals surface area (Å²) in [6, 6.07) is 3.16. The van der Waals surface area contributed by atoms with E-state index in [4.69, 9.17) is 23.7 Å². The third-order valence-corrected chi connectivity index (χ3v) is 8.85. The zero-order valence-corrected chi connectivity index (χ0v) is 26.5. The van der Waals surface area contributed by atoms with Gasteiger partial charge in [-0.1, -0.05) is 0 Å². The van der Waals surface area contributed by atoms with Crippen molar-refractivity contribution in [3.05, 3.63) is 28.8 Å². The summed E-state index contributed by atoms with van der Waals surface area (Å²) in [6.07, 6.45) is -9.26. The van der Waals surface area contributed by atoms with Gasteiger partial charge in [-0.25, -0.2) is 0 Å². The normalized spacial score (nSPS) is 26.7.